The van der Waals surface area contributed by atoms with Crippen molar-refractivity contribution in [3.63, 3.8) is 0 Å². The van der Waals surface area contributed by atoms with E-state index >= 15 is 0 Å². The highest BCUT2D eigenvalue weighted by Crippen LogP contribution is 2.31. The van der Waals surface area contributed by atoms with Crippen molar-refractivity contribution in [3.05, 3.63) is 41.5 Å². The molecule has 0 amide bonds. The predicted molar refractivity (Wildman–Crippen MR) is 82.5 cm³/mol. The highest BCUT2D eigenvalue weighted by Gasteiger charge is 2.19. The van der Waals surface area contributed by atoms with Crippen LogP contribution in [0.2, 0.25) is 0 Å². The molecule has 0 spiro atoms. The van der Waals surface area contributed by atoms with Gasteiger partial charge in [-0.2, -0.15) is 0 Å². The molecule has 2 heterocycles. The summed E-state index contributed by atoms with van der Waals surface area (Å²) in [6.07, 6.45) is 6.19. The lowest BCUT2D eigenvalue weighted by Gasteiger charge is -2.10. The van der Waals surface area contributed by atoms with Crippen LogP contribution in [0.15, 0.2) is 24.4 Å². The Morgan fingerprint density at radius 1 is 1.23 bits per heavy atom. The fraction of sp³-hybridized carbons (Fsp3) is 0.294. The lowest BCUT2D eigenvalue weighted by molar-refractivity contribution is 0.387. The minimum Gasteiger partial charge on any atom is -0.494 e. The molecule has 0 fully saturated rings. The molecule has 2 aromatic heterocycles. The van der Waals surface area contributed by atoms with Gasteiger partial charge in [0.15, 0.2) is 17.4 Å². The van der Waals surface area contributed by atoms with Crippen molar-refractivity contribution in [2.75, 3.05) is 7.11 Å². The van der Waals surface area contributed by atoms with Crippen LogP contribution >= 0.6 is 0 Å². The number of rotatable bonds is 2. The summed E-state index contributed by atoms with van der Waals surface area (Å²) < 4.78 is 19.4. The first-order valence-electron chi connectivity index (χ1n) is 7.47. The van der Waals surface area contributed by atoms with E-state index in [0.29, 0.717) is 11.4 Å². The van der Waals surface area contributed by atoms with Gasteiger partial charge in [-0.1, -0.05) is 6.07 Å². The standard InChI is InChI=1S/C17H16FN3O/c1-22-14-8-4-6-11(15(14)18)17-19-9-13-16(21-17)10-5-2-3-7-12(10)20-13/h4,6,8-9,20H,2-3,5,7H2,1H3. The van der Waals surface area contributed by atoms with Crippen LogP contribution in [0.25, 0.3) is 22.4 Å². The molecule has 1 aliphatic carbocycles. The van der Waals surface area contributed by atoms with Crippen molar-refractivity contribution in [2.24, 2.45) is 0 Å². The van der Waals surface area contributed by atoms with Crippen LogP contribution in [0, 0.1) is 5.82 Å². The molecule has 5 heteroatoms. The first-order valence-corrected chi connectivity index (χ1v) is 7.47. The number of nitrogens with one attached hydrogen (secondary N) is 1. The minimum absolute atomic E-state index is 0.206. The number of fused-ring (bicyclic) bond motifs is 3. The van der Waals surface area contributed by atoms with E-state index in [1.807, 2.05) is 0 Å². The van der Waals surface area contributed by atoms with E-state index in [2.05, 4.69) is 15.0 Å². The fourth-order valence-corrected chi connectivity index (χ4v) is 3.14. The molecule has 0 unspecified atom stereocenters. The van der Waals surface area contributed by atoms with Crippen molar-refractivity contribution >= 4 is 11.0 Å². The largest absolute Gasteiger partial charge is 0.494 e. The number of aryl methyl sites for hydroxylation is 2. The number of ether oxygens (including phenoxy) is 1. The predicted octanol–water partition coefficient (Wildman–Crippen LogP) is 3.65. The van der Waals surface area contributed by atoms with Gasteiger partial charge in [-0.3, -0.25) is 0 Å². The monoisotopic (exact) mass is 297 g/mol. The maximum atomic E-state index is 14.4. The zero-order valence-electron chi connectivity index (χ0n) is 12.3. The van der Waals surface area contributed by atoms with Crippen LogP contribution < -0.4 is 4.74 Å². The molecule has 1 N–H and O–H groups in total. The summed E-state index contributed by atoms with van der Waals surface area (Å²) in [4.78, 5) is 12.3. The van der Waals surface area contributed by atoms with Crippen molar-refractivity contribution in [2.45, 2.75) is 25.7 Å². The average molecular weight is 297 g/mol. The summed E-state index contributed by atoms with van der Waals surface area (Å²) in [5.74, 6) is 0.183. The fourth-order valence-electron chi connectivity index (χ4n) is 3.14. The zero-order valence-corrected chi connectivity index (χ0v) is 12.3. The molecule has 0 saturated carbocycles. The van der Waals surface area contributed by atoms with Crippen molar-refractivity contribution in [1.29, 1.82) is 0 Å². The van der Waals surface area contributed by atoms with E-state index in [-0.39, 0.29) is 5.75 Å². The molecule has 0 radical (unpaired) electrons. The molecule has 0 bridgehead atoms. The smallest absolute Gasteiger partial charge is 0.176 e. The Balaban J connectivity index is 1.89. The van der Waals surface area contributed by atoms with E-state index < -0.39 is 5.82 Å². The van der Waals surface area contributed by atoms with Crippen LogP contribution in [-0.4, -0.2) is 22.1 Å². The van der Waals surface area contributed by atoms with Gasteiger partial charge in [0.2, 0.25) is 0 Å². The normalized spacial score (nSPS) is 14.1. The summed E-state index contributed by atoms with van der Waals surface area (Å²) >= 11 is 0. The van der Waals surface area contributed by atoms with Crippen LogP contribution in [0.5, 0.6) is 5.75 Å². The molecular weight excluding hydrogens is 281 g/mol. The second-order valence-electron chi connectivity index (χ2n) is 5.57. The Bertz CT molecular complexity index is 856. The number of benzene rings is 1. The van der Waals surface area contributed by atoms with Gasteiger partial charge in [-0.05, 0) is 43.4 Å². The number of hydrogen-bond donors (Lipinski definition) is 1. The molecular formula is C17H16FN3O. The van der Waals surface area contributed by atoms with E-state index in [1.54, 1.807) is 24.4 Å². The van der Waals surface area contributed by atoms with E-state index in [9.17, 15) is 4.39 Å². The first-order chi connectivity index (χ1) is 10.8. The van der Waals surface area contributed by atoms with Crippen LogP contribution in [0.3, 0.4) is 0 Å². The first kappa shape index (κ1) is 13.2. The molecule has 0 aliphatic heterocycles. The van der Waals surface area contributed by atoms with Crippen LogP contribution in [-0.2, 0) is 12.8 Å². The van der Waals surface area contributed by atoms with Gasteiger partial charge in [0, 0.05) is 5.69 Å². The van der Waals surface area contributed by atoms with Gasteiger partial charge in [-0.15, -0.1) is 0 Å². The molecule has 3 aromatic rings. The van der Waals surface area contributed by atoms with Gasteiger partial charge in [0.1, 0.15) is 0 Å². The van der Waals surface area contributed by atoms with Crippen molar-refractivity contribution in [3.8, 4) is 17.1 Å². The zero-order chi connectivity index (χ0) is 15.1. The topological polar surface area (TPSA) is 50.8 Å². The number of aromatic amines is 1. The summed E-state index contributed by atoms with van der Waals surface area (Å²) in [5, 5.41) is 0. The summed E-state index contributed by atoms with van der Waals surface area (Å²) in [5.41, 5.74) is 4.72. The molecule has 1 aliphatic rings. The molecule has 112 valence electrons. The Hall–Kier alpha value is -2.43. The molecule has 1 aromatic carbocycles. The quantitative estimate of drug-likeness (QED) is 0.785. The SMILES string of the molecule is COc1cccc(-c2ncc3[nH]c4c(c3n2)CCCC4)c1F. The van der Waals surface area contributed by atoms with Crippen LogP contribution in [0.1, 0.15) is 24.1 Å². The van der Waals surface area contributed by atoms with Gasteiger partial charge >= 0.3 is 0 Å². The highest BCUT2D eigenvalue weighted by molar-refractivity contribution is 5.82. The lowest BCUT2D eigenvalue weighted by atomic mass is 9.97. The van der Waals surface area contributed by atoms with Crippen molar-refractivity contribution < 1.29 is 9.13 Å². The number of methoxy groups -OCH3 is 1. The lowest BCUT2D eigenvalue weighted by Crippen LogP contribution is -2.01. The second kappa shape index (κ2) is 5.09. The average Bonchev–Trinajstić information content (AvgIpc) is 2.93. The molecule has 0 saturated heterocycles. The number of nitrogens with zero attached hydrogens (tertiary/aromatic N) is 2. The van der Waals surface area contributed by atoms with E-state index in [4.69, 9.17) is 4.74 Å². The van der Waals surface area contributed by atoms with Crippen LogP contribution in [0.4, 0.5) is 4.39 Å². The van der Waals surface area contributed by atoms with E-state index in [1.165, 1.54) is 31.2 Å². The van der Waals surface area contributed by atoms with E-state index in [0.717, 1.165) is 23.9 Å². The summed E-state index contributed by atoms with van der Waals surface area (Å²) in [7, 11) is 1.45. The number of hydrogen-bond acceptors (Lipinski definition) is 3. The van der Waals surface area contributed by atoms with Gasteiger partial charge in [0.25, 0.3) is 0 Å². The molecule has 22 heavy (non-hydrogen) atoms. The Morgan fingerprint density at radius 3 is 2.95 bits per heavy atom. The third kappa shape index (κ3) is 1.96. The highest BCUT2D eigenvalue weighted by atomic mass is 19.1. The number of H-pyrrole nitrogens is 1. The maximum absolute atomic E-state index is 14.4. The molecule has 0 atom stereocenters. The maximum Gasteiger partial charge on any atom is 0.176 e. The Kier molecular flexibility index (Phi) is 3.06. The summed E-state index contributed by atoms with van der Waals surface area (Å²) in [6, 6.07) is 5.02. The Labute approximate surface area is 127 Å². The van der Waals surface area contributed by atoms with Crippen molar-refractivity contribution in [1.82, 2.24) is 15.0 Å². The second-order valence-corrected chi connectivity index (χ2v) is 5.57. The van der Waals surface area contributed by atoms with Gasteiger partial charge in [0.05, 0.1) is 29.9 Å². The van der Waals surface area contributed by atoms with Gasteiger partial charge in [-0.25, -0.2) is 14.4 Å². The van der Waals surface area contributed by atoms with Gasteiger partial charge < -0.3 is 9.72 Å². The summed E-state index contributed by atoms with van der Waals surface area (Å²) in [6.45, 7) is 0. The Morgan fingerprint density at radius 2 is 2.09 bits per heavy atom. The molecule has 4 rings (SSSR count). The number of halogens is 1. The third-order valence-corrected chi connectivity index (χ3v) is 4.25. The molecule has 4 nitrogen and oxygen atoms in total. The minimum atomic E-state index is -0.422. The third-order valence-electron chi connectivity index (χ3n) is 4.25. The number of aromatic nitrogens is 3.